The highest BCUT2D eigenvalue weighted by Gasteiger charge is 2.22. The monoisotopic (exact) mass is 306 g/mol. The predicted octanol–water partition coefficient (Wildman–Crippen LogP) is 6.88. The molecule has 122 valence electrons. The fraction of sp³-hybridized carbons (Fsp3) is 0.478. The maximum Gasteiger partial charge on any atom is -0.0149 e. The molecule has 1 aliphatic rings. The van der Waals surface area contributed by atoms with Gasteiger partial charge < -0.3 is 0 Å². The minimum absolute atomic E-state index is 0.776. The second-order valence-corrected chi connectivity index (χ2v) is 7.66. The highest BCUT2D eigenvalue weighted by atomic mass is 14.3. The summed E-state index contributed by atoms with van der Waals surface area (Å²) in [5.41, 5.74) is 10.2. The van der Waals surface area contributed by atoms with E-state index in [1.165, 1.54) is 59.1 Å². The molecule has 2 aromatic rings. The number of benzene rings is 2. The Labute approximate surface area is 141 Å². The van der Waals surface area contributed by atoms with E-state index in [1.807, 2.05) is 0 Å². The second kappa shape index (κ2) is 6.51. The summed E-state index contributed by atoms with van der Waals surface area (Å²) in [6.07, 6.45) is 5.51. The Bertz CT molecular complexity index is 700. The Morgan fingerprint density at radius 1 is 0.696 bits per heavy atom. The van der Waals surface area contributed by atoms with Gasteiger partial charge in [0.1, 0.15) is 0 Å². The molecule has 0 aliphatic heterocycles. The van der Waals surface area contributed by atoms with E-state index in [-0.39, 0.29) is 0 Å². The molecule has 0 heterocycles. The first-order chi connectivity index (χ1) is 11.0. The molecule has 3 rings (SSSR count). The molecule has 1 aliphatic carbocycles. The molecule has 0 amide bonds. The lowest BCUT2D eigenvalue weighted by atomic mass is 9.77. The summed E-state index contributed by atoms with van der Waals surface area (Å²) in [6, 6.07) is 11.4. The van der Waals surface area contributed by atoms with Crippen molar-refractivity contribution in [2.45, 2.75) is 66.2 Å². The average Bonchev–Trinajstić information content (AvgIpc) is 2.54. The van der Waals surface area contributed by atoms with Gasteiger partial charge in [-0.2, -0.15) is 0 Å². The third-order valence-corrected chi connectivity index (χ3v) is 6.18. The zero-order valence-electron chi connectivity index (χ0n) is 15.4. The SMILES string of the molecule is Cc1cccc(-c2ccc(C3CCC(C)CC3)c(C)c2C)c1C. The quantitative estimate of drug-likeness (QED) is 0.567. The lowest BCUT2D eigenvalue weighted by Gasteiger charge is -2.28. The summed E-state index contributed by atoms with van der Waals surface area (Å²) >= 11 is 0. The van der Waals surface area contributed by atoms with E-state index in [4.69, 9.17) is 0 Å². The Hall–Kier alpha value is -1.56. The van der Waals surface area contributed by atoms with Crippen LogP contribution in [0.15, 0.2) is 30.3 Å². The van der Waals surface area contributed by atoms with Crippen molar-refractivity contribution in [3.63, 3.8) is 0 Å². The van der Waals surface area contributed by atoms with Crippen LogP contribution in [0.4, 0.5) is 0 Å². The van der Waals surface area contributed by atoms with Crippen LogP contribution in [0.2, 0.25) is 0 Å². The summed E-state index contributed by atoms with van der Waals surface area (Å²) in [6.45, 7) is 11.5. The molecule has 1 fully saturated rings. The lowest BCUT2D eigenvalue weighted by Crippen LogP contribution is -2.12. The minimum Gasteiger partial charge on any atom is -0.0625 e. The van der Waals surface area contributed by atoms with Gasteiger partial charge in [0.25, 0.3) is 0 Å². The van der Waals surface area contributed by atoms with Crippen LogP contribution in [0.5, 0.6) is 0 Å². The number of aryl methyl sites for hydroxylation is 1. The Morgan fingerprint density at radius 3 is 2.04 bits per heavy atom. The first-order valence-electron chi connectivity index (χ1n) is 9.15. The second-order valence-electron chi connectivity index (χ2n) is 7.66. The molecule has 0 radical (unpaired) electrons. The van der Waals surface area contributed by atoms with Crippen LogP contribution in [0, 0.1) is 33.6 Å². The van der Waals surface area contributed by atoms with Crippen LogP contribution in [-0.4, -0.2) is 0 Å². The summed E-state index contributed by atoms with van der Waals surface area (Å²) in [5, 5.41) is 0. The molecule has 0 saturated heterocycles. The van der Waals surface area contributed by atoms with E-state index in [9.17, 15) is 0 Å². The zero-order chi connectivity index (χ0) is 16.6. The van der Waals surface area contributed by atoms with E-state index in [1.54, 1.807) is 5.56 Å². The maximum absolute atomic E-state index is 2.42. The van der Waals surface area contributed by atoms with Crippen LogP contribution < -0.4 is 0 Å². The summed E-state index contributed by atoms with van der Waals surface area (Å²) < 4.78 is 0. The number of hydrogen-bond acceptors (Lipinski definition) is 0. The van der Waals surface area contributed by atoms with Crippen molar-refractivity contribution in [3.05, 3.63) is 58.1 Å². The Kier molecular flexibility index (Phi) is 4.62. The molecule has 0 atom stereocenters. The van der Waals surface area contributed by atoms with Crippen molar-refractivity contribution in [2.24, 2.45) is 5.92 Å². The number of hydrogen-bond donors (Lipinski definition) is 0. The van der Waals surface area contributed by atoms with Crippen molar-refractivity contribution >= 4 is 0 Å². The molecule has 23 heavy (non-hydrogen) atoms. The van der Waals surface area contributed by atoms with Gasteiger partial charge in [-0.05, 0) is 91.3 Å². The van der Waals surface area contributed by atoms with E-state index in [0.29, 0.717) is 0 Å². The molecule has 1 saturated carbocycles. The van der Waals surface area contributed by atoms with Crippen molar-refractivity contribution in [2.75, 3.05) is 0 Å². The van der Waals surface area contributed by atoms with Crippen LogP contribution in [0.1, 0.15) is 66.3 Å². The van der Waals surface area contributed by atoms with Crippen molar-refractivity contribution in [1.29, 1.82) is 0 Å². The normalized spacial score (nSPS) is 21.4. The first-order valence-corrected chi connectivity index (χ1v) is 9.15. The average molecular weight is 306 g/mol. The Balaban J connectivity index is 1.99. The first kappa shape index (κ1) is 16.3. The molecule has 0 spiro atoms. The van der Waals surface area contributed by atoms with Gasteiger partial charge in [-0.3, -0.25) is 0 Å². The van der Waals surface area contributed by atoms with E-state index >= 15 is 0 Å². The van der Waals surface area contributed by atoms with E-state index in [2.05, 4.69) is 65.0 Å². The van der Waals surface area contributed by atoms with Gasteiger partial charge in [0.2, 0.25) is 0 Å². The van der Waals surface area contributed by atoms with Crippen LogP contribution >= 0.6 is 0 Å². The van der Waals surface area contributed by atoms with Crippen LogP contribution in [-0.2, 0) is 0 Å². The molecular formula is C23H30. The van der Waals surface area contributed by atoms with Crippen LogP contribution in [0.25, 0.3) is 11.1 Å². The molecule has 0 N–H and O–H groups in total. The fourth-order valence-electron chi connectivity index (χ4n) is 4.19. The Morgan fingerprint density at radius 2 is 1.35 bits per heavy atom. The van der Waals surface area contributed by atoms with E-state index < -0.39 is 0 Å². The maximum atomic E-state index is 2.42. The highest BCUT2D eigenvalue weighted by Crippen LogP contribution is 2.39. The predicted molar refractivity (Wildman–Crippen MR) is 101 cm³/mol. The minimum atomic E-state index is 0.776. The molecular weight excluding hydrogens is 276 g/mol. The smallest absolute Gasteiger partial charge is 0.0149 e. The summed E-state index contributed by atoms with van der Waals surface area (Å²) in [4.78, 5) is 0. The van der Waals surface area contributed by atoms with Gasteiger partial charge in [-0.1, -0.05) is 50.1 Å². The third kappa shape index (κ3) is 3.09. The molecule has 0 unspecified atom stereocenters. The van der Waals surface area contributed by atoms with E-state index in [0.717, 1.165) is 11.8 Å². The fourth-order valence-corrected chi connectivity index (χ4v) is 4.19. The van der Waals surface area contributed by atoms with Gasteiger partial charge in [-0.15, -0.1) is 0 Å². The summed E-state index contributed by atoms with van der Waals surface area (Å²) in [7, 11) is 0. The molecule has 0 bridgehead atoms. The topological polar surface area (TPSA) is 0 Å². The molecule has 0 heteroatoms. The zero-order valence-corrected chi connectivity index (χ0v) is 15.4. The summed E-state index contributed by atoms with van der Waals surface area (Å²) in [5.74, 6) is 1.69. The van der Waals surface area contributed by atoms with Gasteiger partial charge >= 0.3 is 0 Å². The molecule has 0 aromatic heterocycles. The van der Waals surface area contributed by atoms with Gasteiger partial charge in [0, 0.05) is 0 Å². The molecule has 0 nitrogen and oxygen atoms in total. The van der Waals surface area contributed by atoms with Crippen molar-refractivity contribution in [1.82, 2.24) is 0 Å². The lowest BCUT2D eigenvalue weighted by molar-refractivity contribution is 0.347. The largest absolute Gasteiger partial charge is 0.0625 e. The third-order valence-electron chi connectivity index (χ3n) is 6.18. The van der Waals surface area contributed by atoms with Gasteiger partial charge in [0.15, 0.2) is 0 Å². The van der Waals surface area contributed by atoms with Crippen molar-refractivity contribution < 1.29 is 0 Å². The van der Waals surface area contributed by atoms with Crippen molar-refractivity contribution in [3.8, 4) is 11.1 Å². The highest BCUT2D eigenvalue weighted by molar-refractivity contribution is 5.73. The van der Waals surface area contributed by atoms with Gasteiger partial charge in [0.05, 0.1) is 0 Å². The molecule has 2 aromatic carbocycles. The standard InChI is InChI=1S/C23H30/c1-15-9-11-20(12-10-15)21-13-14-23(19(5)18(21)4)22-8-6-7-16(2)17(22)3/h6-8,13-15,20H,9-12H2,1-5H3. The van der Waals surface area contributed by atoms with Gasteiger partial charge in [-0.25, -0.2) is 0 Å². The van der Waals surface area contributed by atoms with Crippen LogP contribution in [0.3, 0.4) is 0 Å². The number of rotatable bonds is 2.